The lowest BCUT2D eigenvalue weighted by atomic mass is 10.2. The van der Waals surface area contributed by atoms with E-state index in [0.29, 0.717) is 0 Å². The summed E-state index contributed by atoms with van der Waals surface area (Å²) < 4.78 is 1.40. The number of nitrogens with zero attached hydrogens (tertiary/aromatic N) is 1. The monoisotopic (exact) mass is 202 g/mol. The van der Waals surface area contributed by atoms with Crippen molar-refractivity contribution in [3.05, 3.63) is 62.9 Å². The molecule has 0 amide bonds. The van der Waals surface area contributed by atoms with Crippen molar-refractivity contribution in [3.63, 3.8) is 0 Å². The first-order chi connectivity index (χ1) is 7.16. The second kappa shape index (κ2) is 3.57. The SMILES string of the molecule is Cc1cccc(-n2ccc(=O)[nH]c2=O)c1. The smallest absolute Gasteiger partial charge is 0.274 e. The maximum Gasteiger partial charge on any atom is 0.332 e. The molecule has 0 unspecified atom stereocenters. The predicted octanol–water partition coefficient (Wildman–Crippen LogP) is 0.834. The highest BCUT2D eigenvalue weighted by atomic mass is 16.2. The molecule has 0 aliphatic carbocycles. The van der Waals surface area contributed by atoms with Crippen molar-refractivity contribution in [1.82, 2.24) is 9.55 Å². The van der Waals surface area contributed by atoms with Crippen LogP contribution in [0.4, 0.5) is 0 Å². The fraction of sp³-hybridized carbons (Fsp3) is 0.0909. The van der Waals surface area contributed by atoms with Gasteiger partial charge in [0.1, 0.15) is 0 Å². The highest BCUT2D eigenvalue weighted by Gasteiger charge is 1.99. The molecule has 1 aromatic carbocycles. The van der Waals surface area contributed by atoms with Crippen molar-refractivity contribution in [2.75, 3.05) is 0 Å². The van der Waals surface area contributed by atoms with Gasteiger partial charge in [-0.2, -0.15) is 0 Å². The van der Waals surface area contributed by atoms with E-state index >= 15 is 0 Å². The van der Waals surface area contributed by atoms with E-state index in [0.717, 1.165) is 11.3 Å². The van der Waals surface area contributed by atoms with E-state index < -0.39 is 5.69 Å². The summed E-state index contributed by atoms with van der Waals surface area (Å²) in [6, 6.07) is 8.82. The largest absolute Gasteiger partial charge is 0.332 e. The molecule has 0 aliphatic rings. The van der Waals surface area contributed by atoms with Crippen LogP contribution in [-0.4, -0.2) is 9.55 Å². The van der Waals surface area contributed by atoms with Crippen LogP contribution in [0.25, 0.3) is 5.69 Å². The fourth-order valence-electron chi connectivity index (χ4n) is 1.40. The molecule has 4 nitrogen and oxygen atoms in total. The molecule has 0 atom stereocenters. The Bertz CT molecular complexity index is 596. The Morgan fingerprint density at radius 3 is 2.67 bits per heavy atom. The molecular formula is C11H10N2O2. The van der Waals surface area contributed by atoms with Gasteiger partial charge < -0.3 is 0 Å². The topological polar surface area (TPSA) is 54.9 Å². The Morgan fingerprint density at radius 2 is 2.00 bits per heavy atom. The number of benzene rings is 1. The lowest BCUT2D eigenvalue weighted by Crippen LogP contribution is -2.27. The first-order valence-electron chi connectivity index (χ1n) is 4.56. The summed E-state index contributed by atoms with van der Waals surface area (Å²) in [4.78, 5) is 24.5. The predicted molar refractivity (Wildman–Crippen MR) is 57.4 cm³/mol. The zero-order chi connectivity index (χ0) is 10.8. The zero-order valence-corrected chi connectivity index (χ0v) is 8.23. The summed E-state index contributed by atoms with van der Waals surface area (Å²) in [5, 5.41) is 0. The van der Waals surface area contributed by atoms with Gasteiger partial charge in [-0.15, -0.1) is 0 Å². The Balaban J connectivity index is 2.64. The average Bonchev–Trinajstić information content (AvgIpc) is 2.17. The molecule has 0 fully saturated rings. The third-order valence-electron chi connectivity index (χ3n) is 2.10. The highest BCUT2D eigenvalue weighted by Crippen LogP contribution is 2.06. The summed E-state index contributed by atoms with van der Waals surface area (Å²) in [6.45, 7) is 1.94. The third kappa shape index (κ3) is 1.88. The molecule has 1 aromatic heterocycles. The third-order valence-corrected chi connectivity index (χ3v) is 2.10. The van der Waals surface area contributed by atoms with E-state index in [2.05, 4.69) is 4.98 Å². The van der Waals surface area contributed by atoms with Gasteiger partial charge in [-0.05, 0) is 24.6 Å². The summed E-state index contributed by atoms with van der Waals surface area (Å²) in [7, 11) is 0. The van der Waals surface area contributed by atoms with Crippen LogP contribution >= 0.6 is 0 Å². The molecule has 0 spiro atoms. The molecule has 0 radical (unpaired) electrons. The van der Waals surface area contributed by atoms with Crippen molar-refractivity contribution in [3.8, 4) is 5.69 Å². The zero-order valence-electron chi connectivity index (χ0n) is 8.23. The van der Waals surface area contributed by atoms with Gasteiger partial charge >= 0.3 is 5.69 Å². The summed E-state index contributed by atoms with van der Waals surface area (Å²) in [5.41, 5.74) is 0.999. The molecule has 4 heteroatoms. The van der Waals surface area contributed by atoms with Gasteiger partial charge in [0, 0.05) is 12.3 Å². The molecule has 1 N–H and O–H groups in total. The average molecular weight is 202 g/mol. The first-order valence-corrected chi connectivity index (χ1v) is 4.56. The van der Waals surface area contributed by atoms with Crippen molar-refractivity contribution in [2.24, 2.45) is 0 Å². The van der Waals surface area contributed by atoms with Crippen LogP contribution in [-0.2, 0) is 0 Å². The van der Waals surface area contributed by atoms with Gasteiger partial charge in [-0.3, -0.25) is 14.3 Å². The highest BCUT2D eigenvalue weighted by molar-refractivity contribution is 5.34. The minimum atomic E-state index is -0.423. The van der Waals surface area contributed by atoms with Crippen LogP contribution < -0.4 is 11.2 Å². The maximum atomic E-state index is 11.5. The Labute approximate surface area is 85.8 Å². The molecule has 0 saturated heterocycles. The molecule has 0 saturated carbocycles. The quantitative estimate of drug-likeness (QED) is 0.744. The van der Waals surface area contributed by atoms with E-state index in [1.54, 1.807) is 0 Å². The molecule has 1 heterocycles. The van der Waals surface area contributed by atoms with Crippen LogP contribution in [0.1, 0.15) is 5.56 Å². The summed E-state index contributed by atoms with van der Waals surface area (Å²) in [6.07, 6.45) is 1.47. The van der Waals surface area contributed by atoms with E-state index in [4.69, 9.17) is 0 Å². The van der Waals surface area contributed by atoms with Crippen LogP contribution in [0, 0.1) is 6.92 Å². The molecule has 0 bridgehead atoms. The van der Waals surface area contributed by atoms with Gasteiger partial charge in [-0.25, -0.2) is 4.79 Å². The second-order valence-corrected chi connectivity index (χ2v) is 3.32. The Kier molecular flexibility index (Phi) is 2.25. The van der Waals surface area contributed by atoms with E-state index in [9.17, 15) is 9.59 Å². The van der Waals surface area contributed by atoms with Crippen molar-refractivity contribution in [2.45, 2.75) is 6.92 Å². The number of H-pyrrole nitrogens is 1. The van der Waals surface area contributed by atoms with Crippen LogP contribution in [0.3, 0.4) is 0 Å². The number of hydrogen-bond acceptors (Lipinski definition) is 2. The van der Waals surface area contributed by atoms with Crippen LogP contribution in [0.5, 0.6) is 0 Å². The lowest BCUT2D eigenvalue weighted by Gasteiger charge is -2.04. The number of nitrogens with one attached hydrogen (secondary N) is 1. The molecule has 15 heavy (non-hydrogen) atoms. The Morgan fingerprint density at radius 1 is 1.20 bits per heavy atom. The van der Waals surface area contributed by atoms with Gasteiger partial charge in [-0.1, -0.05) is 12.1 Å². The lowest BCUT2D eigenvalue weighted by molar-refractivity contribution is 0.895. The standard InChI is InChI=1S/C11H10N2O2/c1-8-3-2-4-9(7-8)13-6-5-10(14)12-11(13)15/h2-7H,1H3,(H,12,14,15). The summed E-state index contributed by atoms with van der Waals surface area (Å²) >= 11 is 0. The molecule has 2 aromatic rings. The van der Waals surface area contributed by atoms with Gasteiger partial charge in [0.15, 0.2) is 0 Å². The van der Waals surface area contributed by atoms with Gasteiger partial charge in [0.25, 0.3) is 5.56 Å². The maximum absolute atomic E-state index is 11.5. The van der Waals surface area contributed by atoms with Crippen molar-refractivity contribution < 1.29 is 0 Å². The number of rotatable bonds is 1. The number of hydrogen-bond donors (Lipinski definition) is 1. The van der Waals surface area contributed by atoms with E-state index in [1.165, 1.54) is 16.8 Å². The molecular weight excluding hydrogens is 192 g/mol. The normalized spacial score (nSPS) is 10.2. The summed E-state index contributed by atoms with van der Waals surface area (Å²) in [5.74, 6) is 0. The Hall–Kier alpha value is -2.10. The molecule has 76 valence electrons. The second-order valence-electron chi connectivity index (χ2n) is 3.32. The van der Waals surface area contributed by atoms with Crippen LogP contribution in [0.2, 0.25) is 0 Å². The minimum Gasteiger partial charge on any atom is -0.274 e. The number of aromatic amines is 1. The fourth-order valence-corrected chi connectivity index (χ4v) is 1.40. The first kappa shape index (κ1) is 9.45. The minimum absolute atomic E-state index is 0.385. The van der Waals surface area contributed by atoms with Gasteiger partial charge in [0.2, 0.25) is 0 Å². The van der Waals surface area contributed by atoms with Crippen LogP contribution in [0.15, 0.2) is 46.1 Å². The van der Waals surface area contributed by atoms with E-state index in [-0.39, 0.29) is 5.56 Å². The van der Waals surface area contributed by atoms with Gasteiger partial charge in [0.05, 0.1) is 5.69 Å². The number of aryl methyl sites for hydroxylation is 1. The van der Waals surface area contributed by atoms with Crippen molar-refractivity contribution in [1.29, 1.82) is 0 Å². The number of aromatic nitrogens is 2. The van der Waals surface area contributed by atoms with Crippen molar-refractivity contribution >= 4 is 0 Å². The van der Waals surface area contributed by atoms with E-state index in [1.807, 2.05) is 31.2 Å². The molecule has 0 aliphatic heterocycles. The molecule has 2 rings (SSSR count).